The molecule has 0 radical (unpaired) electrons. The lowest BCUT2D eigenvalue weighted by atomic mass is 10.1. The van der Waals surface area contributed by atoms with Gasteiger partial charge in [0.15, 0.2) is 5.82 Å². The summed E-state index contributed by atoms with van der Waals surface area (Å²) in [7, 11) is 0. The standard InChI is InChI=1S/C21H18N4O/c22-18-9-11-20(26-17-6-2-1-3-7-17)25-21(18)24-14-15-8-10-19-16(13-15)5-4-12-23-19/h1-13H,14,22H2,(H,24,25). The van der Waals surface area contributed by atoms with E-state index in [-0.39, 0.29) is 0 Å². The minimum Gasteiger partial charge on any atom is -0.439 e. The van der Waals surface area contributed by atoms with Gasteiger partial charge in [0.25, 0.3) is 0 Å². The second-order valence-corrected chi connectivity index (χ2v) is 5.89. The molecule has 0 fully saturated rings. The highest BCUT2D eigenvalue weighted by Crippen LogP contribution is 2.25. The Morgan fingerprint density at radius 3 is 2.69 bits per heavy atom. The summed E-state index contributed by atoms with van der Waals surface area (Å²) in [5.41, 5.74) is 8.73. The van der Waals surface area contributed by atoms with Gasteiger partial charge in [-0.2, -0.15) is 4.98 Å². The number of benzene rings is 2. The van der Waals surface area contributed by atoms with Crippen molar-refractivity contribution in [1.82, 2.24) is 9.97 Å². The van der Waals surface area contributed by atoms with Crippen molar-refractivity contribution in [3.05, 3.63) is 84.6 Å². The number of nitrogens with one attached hydrogen (secondary N) is 1. The molecule has 0 aliphatic heterocycles. The van der Waals surface area contributed by atoms with E-state index in [9.17, 15) is 0 Å². The van der Waals surface area contributed by atoms with Gasteiger partial charge in [0.05, 0.1) is 11.2 Å². The third-order valence-electron chi connectivity index (χ3n) is 3.99. The summed E-state index contributed by atoms with van der Waals surface area (Å²) in [4.78, 5) is 8.81. The Hall–Kier alpha value is -3.60. The van der Waals surface area contributed by atoms with E-state index in [1.807, 2.05) is 54.6 Å². The van der Waals surface area contributed by atoms with Crippen LogP contribution in [0.15, 0.2) is 79.0 Å². The summed E-state index contributed by atoms with van der Waals surface area (Å²) in [6, 6.07) is 23.2. The van der Waals surface area contributed by atoms with Crippen molar-refractivity contribution in [3.63, 3.8) is 0 Å². The summed E-state index contributed by atoms with van der Waals surface area (Å²) in [6.07, 6.45) is 1.79. The van der Waals surface area contributed by atoms with E-state index in [0.29, 0.717) is 23.9 Å². The molecule has 5 heteroatoms. The van der Waals surface area contributed by atoms with Crippen LogP contribution in [0.2, 0.25) is 0 Å². The number of aromatic nitrogens is 2. The molecule has 2 aromatic carbocycles. The van der Waals surface area contributed by atoms with Crippen LogP contribution in [0.1, 0.15) is 5.56 Å². The molecule has 0 spiro atoms. The number of para-hydroxylation sites is 1. The van der Waals surface area contributed by atoms with Crippen molar-refractivity contribution < 1.29 is 4.74 Å². The Morgan fingerprint density at radius 1 is 0.923 bits per heavy atom. The average molecular weight is 342 g/mol. The summed E-state index contributed by atoms with van der Waals surface area (Å²) >= 11 is 0. The molecule has 4 rings (SSSR count). The van der Waals surface area contributed by atoms with E-state index in [4.69, 9.17) is 10.5 Å². The number of nitrogens with two attached hydrogens (primary N) is 1. The minimum absolute atomic E-state index is 0.496. The molecular weight excluding hydrogens is 324 g/mol. The quantitative estimate of drug-likeness (QED) is 0.554. The van der Waals surface area contributed by atoms with Crippen LogP contribution in [-0.2, 0) is 6.54 Å². The van der Waals surface area contributed by atoms with Crippen molar-refractivity contribution >= 4 is 22.4 Å². The fraction of sp³-hybridized carbons (Fsp3) is 0.0476. The monoisotopic (exact) mass is 342 g/mol. The first-order valence-corrected chi connectivity index (χ1v) is 8.35. The molecule has 0 aliphatic rings. The van der Waals surface area contributed by atoms with Crippen LogP contribution in [0.3, 0.4) is 0 Å². The van der Waals surface area contributed by atoms with Crippen molar-refractivity contribution in [2.75, 3.05) is 11.1 Å². The maximum atomic E-state index is 6.05. The van der Waals surface area contributed by atoms with Crippen LogP contribution in [0.4, 0.5) is 11.5 Å². The first-order valence-electron chi connectivity index (χ1n) is 8.35. The van der Waals surface area contributed by atoms with Gasteiger partial charge in [0.2, 0.25) is 5.88 Å². The number of ether oxygens (including phenoxy) is 1. The maximum Gasteiger partial charge on any atom is 0.221 e. The first-order chi connectivity index (χ1) is 12.8. The summed E-state index contributed by atoms with van der Waals surface area (Å²) in [5, 5.41) is 4.39. The van der Waals surface area contributed by atoms with Gasteiger partial charge in [-0.3, -0.25) is 4.98 Å². The Labute approximate surface area is 151 Å². The second-order valence-electron chi connectivity index (χ2n) is 5.89. The highest BCUT2D eigenvalue weighted by molar-refractivity contribution is 5.79. The van der Waals surface area contributed by atoms with Crippen LogP contribution in [0.25, 0.3) is 10.9 Å². The van der Waals surface area contributed by atoms with Crippen LogP contribution in [-0.4, -0.2) is 9.97 Å². The lowest BCUT2D eigenvalue weighted by molar-refractivity contribution is 0.464. The molecule has 0 bridgehead atoms. The molecule has 26 heavy (non-hydrogen) atoms. The minimum atomic E-state index is 0.496. The van der Waals surface area contributed by atoms with E-state index in [1.54, 1.807) is 18.3 Å². The molecule has 0 amide bonds. The van der Waals surface area contributed by atoms with E-state index >= 15 is 0 Å². The zero-order chi connectivity index (χ0) is 17.8. The molecule has 0 saturated heterocycles. The van der Waals surface area contributed by atoms with Gasteiger partial charge >= 0.3 is 0 Å². The Bertz CT molecular complexity index is 1030. The molecular formula is C21H18N4O. The lowest BCUT2D eigenvalue weighted by Gasteiger charge is -2.11. The normalized spacial score (nSPS) is 10.6. The maximum absolute atomic E-state index is 6.05. The molecule has 128 valence electrons. The number of rotatable bonds is 5. The number of pyridine rings is 2. The topological polar surface area (TPSA) is 73.1 Å². The second kappa shape index (κ2) is 7.11. The number of hydrogen-bond donors (Lipinski definition) is 2. The van der Waals surface area contributed by atoms with Gasteiger partial charge in [-0.1, -0.05) is 30.3 Å². The van der Waals surface area contributed by atoms with E-state index in [1.165, 1.54) is 0 Å². The SMILES string of the molecule is Nc1ccc(Oc2ccccc2)nc1NCc1ccc2ncccc2c1. The van der Waals surface area contributed by atoms with Crippen LogP contribution < -0.4 is 15.8 Å². The molecule has 2 aromatic heterocycles. The van der Waals surface area contributed by atoms with Crippen LogP contribution >= 0.6 is 0 Å². The number of anilines is 2. The summed E-state index contributed by atoms with van der Waals surface area (Å²) in [6.45, 7) is 0.608. The number of nitrogen functional groups attached to an aromatic ring is 1. The highest BCUT2D eigenvalue weighted by atomic mass is 16.5. The summed E-state index contributed by atoms with van der Waals surface area (Å²) < 4.78 is 5.77. The molecule has 0 saturated carbocycles. The Balaban J connectivity index is 1.50. The Kier molecular flexibility index (Phi) is 4.35. The third-order valence-corrected chi connectivity index (χ3v) is 3.99. The van der Waals surface area contributed by atoms with Crippen LogP contribution in [0, 0.1) is 0 Å². The fourth-order valence-corrected chi connectivity index (χ4v) is 2.68. The molecule has 5 nitrogen and oxygen atoms in total. The fourth-order valence-electron chi connectivity index (χ4n) is 2.68. The van der Waals surface area contributed by atoms with E-state index in [0.717, 1.165) is 22.2 Å². The van der Waals surface area contributed by atoms with Crippen molar-refractivity contribution in [2.24, 2.45) is 0 Å². The van der Waals surface area contributed by atoms with Crippen molar-refractivity contribution in [2.45, 2.75) is 6.54 Å². The largest absolute Gasteiger partial charge is 0.439 e. The highest BCUT2D eigenvalue weighted by Gasteiger charge is 2.06. The Morgan fingerprint density at radius 2 is 1.81 bits per heavy atom. The summed E-state index contributed by atoms with van der Waals surface area (Å²) in [5.74, 6) is 1.83. The van der Waals surface area contributed by atoms with Crippen molar-refractivity contribution in [3.8, 4) is 11.6 Å². The molecule has 0 atom stereocenters. The molecule has 3 N–H and O–H groups in total. The van der Waals surface area contributed by atoms with E-state index in [2.05, 4.69) is 21.4 Å². The molecule has 0 aliphatic carbocycles. The van der Waals surface area contributed by atoms with Gasteiger partial charge < -0.3 is 15.8 Å². The predicted molar refractivity (Wildman–Crippen MR) is 104 cm³/mol. The predicted octanol–water partition coefficient (Wildman–Crippen LogP) is 4.62. The van der Waals surface area contributed by atoms with Gasteiger partial charge in [0.1, 0.15) is 5.75 Å². The third kappa shape index (κ3) is 3.57. The first kappa shape index (κ1) is 15.9. The number of hydrogen-bond acceptors (Lipinski definition) is 5. The molecule has 4 aromatic rings. The van der Waals surface area contributed by atoms with Gasteiger partial charge in [0, 0.05) is 24.2 Å². The van der Waals surface area contributed by atoms with Gasteiger partial charge in [-0.05, 0) is 42.0 Å². The lowest BCUT2D eigenvalue weighted by Crippen LogP contribution is -2.05. The zero-order valence-corrected chi connectivity index (χ0v) is 14.1. The molecule has 0 unspecified atom stereocenters. The number of fused-ring (bicyclic) bond motifs is 1. The van der Waals surface area contributed by atoms with E-state index < -0.39 is 0 Å². The number of nitrogens with zero attached hydrogens (tertiary/aromatic N) is 2. The van der Waals surface area contributed by atoms with Gasteiger partial charge in [-0.15, -0.1) is 0 Å². The van der Waals surface area contributed by atoms with Gasteiger partial charge in [-0.25, -0.2) is 0 Å². The molecule has 2 heterocycles. The van der Waals surface area contributed by atoms with Crippen LogP contribution in [0.5, 0.6) is 11.6 Å². The smallest absolute Gasteiger partial charge is 0.221 e. The van der Waals surface area contributed by atoms with Crippen molar-refractivity contribution in [1.29, 1.82) is 0 Å². The average Bonchev–Trinajstić information content (AvgIpc) is 2.69. The zero-order valence-electron chi connectivity index (χ0n) is 14.1.